The number of carbonyl (C=O) groups excluding carboxylic acids is 1. The summed E-state index contributed by atoms with van der Waals surface area (Å²) in [4.78, 5) is 22.6. The summed E-state index contributed by atoms with van der Waals surface area (Å²) >= 11 is 3.05. The molecule has 2 amide bonds. The second-order valence-corrected chi connectivity index (χ2v) is 5.49. The molecule has 1 rings (SSSR count). The normalized spacial score (nSPS) is 12.1. The lowest BCUT2D eigenvalue weighted by Crippen LogP contribution is -2.48. The van der Waals surface area contributed by atoms with E-state index < -0.39 is 18.0 Å². The molecular weight excluding hydrogens is 331 g/mol. The Kier molecular flexibility index (Phi) is 5.94. The lowest BCUT2D eigenvalue weighted by Gasteiger charge is -2.18. The van der Waals surface area contributed by atoms with Crippen LogP contribution in [0.1, 0.15) is 19.4 Å². The third-order valence-electron chi connectivity index (χ3n) is 2.66. The van der Waals surface area contributed by atoms with Crippen LogP contribution in [0.5, 0.6) is 0 Å². The molecule has 1 aromatic rings. The Balaban J connectivity index is 2.54. The number of aliphatic carboxylic acids is 1. The van der Waals surface area contributed by atoms with Gasteiger partial charge in [-0.2, -0.15) is 0 Å². The van der Waals surface area contributed by atoms with E-state index >= 15 is 0 Å². The lowest BCUT2D eigenvalue weighted by molar-refractivity contribution is -0.140. The Hall–Kier alpha value is -1.63. The van der Waals surface area contributed by atoms with Crippen LogP contribution in [0.3, 0.4) is 0 Å². The van der Waals surface area contributed by atoms with E-state index in [9.17, 15) is 14.0 Å². The van der Waals surface area contributed by atoms with Crippen molar-refractivity contribution in [3.8, 4) is 0 Å². The molecule has 0 fully saturated rings. The first kappa shape index (κ1) is 16.4. The lowest BCUT2D eigenvalue weighted by atomic mass is 10.1. The fraction of sp³-hybridized carbons (Fsp3) is 0.385. The smallest absolute Gasteiger partial charge is 0.326 e. The average molecular weight is 347 g/mol. The van der Waals surface area contributed by atoms with Crippen LogP contribution in [-0.2, 0) is 11.3 Å². The molecule has 0 aliphatic heterocycles. The van der Waals surface area contributed by atoms with Crippen molar-refractivity contribution in [3.63, 3.8) is 0 Å². The van der Waals surface area contributed by atoms with Crippen molar-refractivity contribution in [3.05, 3.63) is 34.1 Å². The molecule has 0 radical (unpaired) electrons. The largest absolute Gasteiger partial charge is 0.480 e. The molecule has 0 aliphatic carbocycles. The molecule has 7 heteroatoms. The highest BCUT2D eigenvalue weighted by atomic mass is 79.9. The van der Waals surface area contributed by atoms with E-state index in [2.05, 4.69) is 26.6 Å². The van der Waals surface area contributed by atoms with E-state index in [-0.39, 0.29) is 18.3 Å². The van der Waals surface area contributed by atoms with Gasteiger partial charge in [0.15, 0.2) is 0 Å². The Labute approximate surface area is 124 Å². The van der Waals surface area contributed by atoms with Crippen molar-refractivity contribution in [1.82, 2.24) is 10.6 Å². The van der Waals surface area contributed by atoms with Gasteiger partial charge < -0.3 is 15.7 Å². The van der Waals surface area contributed by atoms with Crippen LogP contribution in [-0.4, -0.2) is 23.1 Å². The van der Waals surface area contributed by atoms with Gasteiger partial charge in [-0.05, 0) is 39.5 Å². The first-order valence-electron chi connectivity index (χ1n) is 6.02. The molecule has 0 aromatic heterocycles. The zero-order valence-corrected chi connectivity index (χ0v) is 12.7. The summed E-state index contributed by atoms with van der Waals surface area (Å²) in [5.74, 6) is -1.69. The zero-order valence-electron chi connectivity index (χ0n) is 11.1. The number of hydrogen-bond acceptors (Lipinski definition) is 2. The molecule has 0 bridgehead atoms. The number of carboxylic acids is 1. The number of halogens is 2. The van der Waals surface area contributed by atoms with E-state index in [4.69, 9.17) is 5.11 Å². The Morgan fingerprint density at radius 3 is 2.55 bits per heavy atom. The molecule has 20 heavy (non-hydrogen) atoms. The van der Waals surface area contributed by atoms with Crippen LogP contribution >= 0.6 is 15.9 Å². The number of urea groups is 1. The van der Waals surface area contributed by atoms with E-state index in [1.54, 1.807) is 19.9 Å². The average Bonchev–Trinajstić information content (AvgIpc) is 2.36. The SMILES string of the molecule is CC(C)C(NC(=O)NCc1ccc(F)c(Br)c1)C(=O)O. The molecule has 0 spiro atoms. The van der Waals surface area contributed by atoms with E-state index in [0.29, 0.717) is 10.0 Å². The molecule has 3 N–H and O–H groups in total. The molecule has 110 valence electrons. The minimum absolute atomic E-state index is 0.176. The quantitative estimate of drug-likeness (QED) is 0.766. The van der Waals surface area contributed by atoms with Crippen LogP contribution in [0.15, 0.2) is 22.7 Å². The van der Waals surface area contributed by atoms with Crippen molar-refractivity contribution in [2.75, 3.05) is 0 Å². The first-order valence-corrected chi connectivity index (χ1v) is 6.81. The Morgan fingerprint density at radius 1 is 1.40 bits per heavy atom. The first-order chi connectivity index (χ1) is 9.31. The highest BCUT2D eigenvalue weighted by molar-refractivity contribution is 9.10. The van der Waals surface area contributed by atoms with Gasteiger partial charge in [-0.25, -0.2) is 14.0 Å². The number of benzene rings is 1. The summed E-state index contributed by atoms with van der Waals surface area (Å²) < 4.78 is 13.3. The standard InChI is InChI=1S/C13H16BrFN2O3/c1-7(2)11(12(18)19)17-13(20)16-6-8-3-4-10(15)9(14)5-8/h3-5,7,11H,6H2,1-2H3,(H,18,19)(H2,16,17,20). The third-order valence-corrected chi connectivity index (χ3v) is 3.26. The third kappa shape index (κ3) is 4.80. The molecule has 0 saturated carbocycles. The van der Waals surface area contributed by atoms with Crippen molar-refractivity contribution in [2.24, 2.45) is 5.92 Å². The van der Waals surface area contributed by atoms with Crippen molar-refractivity contribution in [1.29, 1.82) is 0 Å². The van der Waals surface area contributed by atoms with E-state index in [1.165, 1.54) is 12.1 Å². The van der Waals surface area contributed by atoms with Crippen LogP contribution in [0.4, 0.5) is 9.18 Å². The molecule has 0 saturated heterocycles. The summed E-state index contributed by atoms with van der Waals surface area (Å²) in [7, 11) is 0. The van der Waals surface area contributed by atoms with Crippen molar-refractivity contribution >= 4 is 27.9 Å². The minimum Gasteiger partial charge on any atom is -0.480 e. The summed E-state index contributed by atoms with van der Waals surface area (Å²) in [5, 5.41) is 13.9. The highest BCUT2D eigenvalue weighted by Gasteiger charge is 2.23. The predicted octanol–water partition coefficient (Wildman–Crippen LogP) is 2.50. The monoisotopic (exact) mass is 346 g/mol. The summed E-state index contributed by atoms with van der Waals surface area (Å²) in [6.45, 7) is 3.58. The maximum Gasteiger partial charge on any atom is 0.326 e. The van der Waals surface area contributed by atoms with Crippen molar-refractivity contribution < 1.29 is 19.1 Å². The van der Waals surface area contributed by atoms with Crippen LogP contribution < -0.4 is 10.6 Å². The minimum atomic E-state index is -1.08. The number of carbonyl (C=O) groups is 2. The Bertz CT molecular complexity index is 508. The molecule has 5 nitrogen and oxygen atoms in total. The second-order valence-electron chi connectivity index (χ2n) is 4.64. The van der Waals surface area contributed by atoms with E-state index in [1.807, 2.05) is 0 Å². The zero-order chi connectivity index (χ0) is 15.3. The maximum atomic E-state index is 13.0. The Morgan fingerprint density at radius 2 is 2.05 bits per heavy atom. The summed E-state index contributed by atoms with van der Waals surface area (Å²) in [6.07, 6.45) is 0. The molecule has 0 aliphatic rings. The highest BCUT2D eigenvalue weighted by Crippen LogP contribution is 2.16. The van der Waals surface area contributed by atoms with Crippen LogP contribution in [0, 0.1) is 11.7 Å². The molecule has 1 aromatic carbocycles. The fourth-order valence-corrected chi connectivity index (χ4v) is 1.96. The van der Waals surface area contributed by atoms with Gasteiger partial charge in [0.1, 0.15) is 11.9 Å². The number of carboxylic acid groups (broad SMARTS) is 1. The van der Waals surface area contributed by atoms with E-state index in [0.717, 1.165) is 0 Å². The number of nitrogens with one attached hydrogen (secondary N) is 2. The van der Waals surface area contributed by atoms with Gasteiger partial charge >= 0.3 is 12.0 Å². The number of hydrogen-bond donors (Lipinski definition) is 3. The molecular formula is C13H16BrFN2O3. The summed E-state index contributed by atoms with van der Waals surface area (Å²) in [6, 6.07) is 2.85. The van der Waals surface area contributed by atoms with Gasteiger partial charge in [0, 0.05) is 6.54 Å². The summed E-state index contributed by atoms with van der Waals surface area (Å²) in [5.41, 5.74) is 0.699. The molecule has 1 unspecified atom stereocenters. The van der Waals surface area contributed by atoms with Gasteiger partial charge in [0.05, 0.1) is 4.47 Å². The predicted molar refractivity (Wildman–Crippen MR) is 75.7 cm³/mol. The molecule has 0 heterocycles. The van der Waals surface area contributed by atoms with Gasteiger partial charge in [0.25, 0.3) is 0 Å². The van der Waals surface area contributed by atoms with Crippen LogP contribution in [0.25, 0.3) is 0 Å². The van der Waals surface area contributed by atoms with Crippen molar-refractivity contribution in [2.45, 2.75) is 26.4 Å². The second kappa shape index (κ2) is 7.23. The van der Waals surface area contributed by atoms with Gasteiger partial charge in [-0.3, -0.25) is 0 Å². The number of amides is 2. The number of rotatable bonds is 5. The topological polar surface area (TPSA) is 78.4 Å². The maximum absolute atomic E-state index is 13.0. The fourth-order valence-electron chi connectivity index (χ4n) is 1.54. The molecule has 1 atom stereocenters. The van der Waals surface area contributed by atoms with Gasteiger partial charge in [-0.1, -0.05) is 19.9 Å². The van der Waals surface area contributed by atoms with Gasteiger partial charge in [-0.15, -0.1) is 0 Å². The van der Waals surface area contributed by atoms with Crippen LogP contribution in [0.2, 0.25) is 0 Å². The van der Waals surface area contributed by atoms with Gasteiger partial charge in [0.2, 0.25) is 0 Å².